The molecule has 1 amide bonds. The number of nitrogens with zero attached hydrogens (tertiary/aromatic N) is 1. The van der Waals surface area contributed by atoms with Gasteiger partial charge in [0.05, 0.1) is 6.61 Å². The minimum atomic E-state index is 0.0619. The first-order chi connectivity index (χ1) is 12.2. The zero-order chi connectivity index (χ0) is 17.6. The molecule has 0 spiro atoms. The van der Waals surface area contributed by atoms with Gasteiger partial charge in [-0.15, -0.1) is 0 Å². The van der Waals surface area contributed by atoms with Gasteiger partial charge in [-0.1, -0.05) is 42.5 Å². The van der Waals surface area contributed by atoms with Crippen molar-refractivity contribution < 1.29 is 9.90 Å². The van der Waals surface area contributed by atoms with Crippen molar-refractivity contribution in [3.05, 3.63) is 65.2 Å². The second kappa shape index (κ2) is 8.28. The molecular weight excluding hydrogens is 312 g/mol. The molecule has 0 aliphatic carbocycles. The summed E-state index contributed by atoms with van der Waals surface area (Å²) < 4.78 is 0. The van der Waals surface area contributed by atoms with Gasteiger partial charge in [0.25, 0.3) is 0 Å². The number of nitrogens with one attached hydrogen (secondary N) is 1. The van der Waals surface area contributed by atoms with E-state index < -0.39 is 0 Å². The molecule has 2 N–H and O–H groups in total. The maximum Gasteiger partial charge on any atom is 0.227 e. The highest BCUT2D eigenvalue weighted by molar-refractivity contribution is 5.95. The van der Waals surface area contributed by atoms with Crippen LogP contribution in [-0.4, -0.2) is 24.1 Å². The second-order valence-corrected chi connectivity index (χ2v) is 6.61. The molecule has 1 heterocycles. The minimum absolute atomic E-state index is 0.0619. The van der Waals surface area contributed by atoms with Crippen LogP contribution in [0, 0.1) is 0 Å². The molecule has 0 aromatic heterocycles. The fraction of sp³-hybridized carbons (Fsp3) is 0.381. The molecule has 2 aromatic carbocycles. The number of fused-ring (bicyclic) bond motifs is 1. The number of rotatable bonds is 7. The van der Waals surface area contributed by atoms with Crippen LogP contribution in [0.4, 0.5) is 5.69 Å². The molecule has 4 heteroatoms. The van der Waals surface area contributed by atoms with E-state index in [9.17, 15) is 9.90 Å². The van der Waals surface area contributed by atoms with E-state index in [1.165, 1.54) is 5.56 Å². The Labute approximate surface area is 149 Å². The number of carbonyl (C=O) groups excluding carboxylic acids is 1. The van der Waals surface area contributed by atoms with Crippen molar-refractivity contribution in [1.82, 2.24) is 5.32 Å². The maximum atomic E-state index is 12.5. The number of para-hydroxylation sites is 1. The SMILES string of the molecule is CC(NCCCC(=O)N1CCc2ccccc21)c1cccc(CO)c1. The summed E-state index contributed by atoms with van der Waals surface area (Å²) in [6.45, 7) is 3.77. The summed E-state index contributed by atoms with van der Waals surface area (Å²) in [6, 6.07) is 16.3. The van der Waals surface area contributed by atoms with Crippen LogP contribution in [0.3, 0.4) is 0 Å². The predicted octanol–water partition coefficient (Wildman–Crippen LogP) is 3.20. The Morgan fingerprint density at radius 1 is 1.24 bits per heavy atom. The van der Waals surface area contributed by atoms with Gasteiger partial charge in [-0.2, -0.15) is 0 Å². The quantitative estimate of drug-likeness (QED) is 0.762. The molecule has 132 valence electrons. The zero-order valence-electron chi connectivity index (χ0n) is 14.7. The Morgan fingerprint density at radius 3 is 2.92 bits per heavy atom. The smallest absolute Gasteiger partial charge is 0.227 e. The number of hydrogen-bond acceptors (Lipinski definition) is 3. The molecule has 0 radical (unpaired) electrons. The molecule has 1 atom stereocenters. The van der Waals surface area contributed by atoms with E-state index in [1.54, 1.807) is 0 Å². The van der Waals surface area contributed by atoms with Gasteiger partial charge in [0.15, 0.2) is 0 Å². The lowest BCUT2D eigenvalue weighted by atomic mass is 10.1. The van der Waals surface area contributed by atoms with Crippen molar-refractivity contribution in [2.45, 2.75) is 38.8 Å². The Kier molecular flexibility index (Phi) is 5.84. The largest absolute Gasteiger partial charge is 0.392 e. The van der Waals surface area contributed by atoms with Gasteiger partial charge in [-0.25, -0.2) is 0 Å². The van der Waals surface area contributed by atoms with E-state index >= 15 is 0 Å². The zero-order valence-corrected chi connectivity index (χ0v) is 14.7. The van der Waals surface area contributed by atoms with Crippen molar-refractivity contribution in [2.75, 3.05) is 18.0 Å². The Morgan fingerprint density at radius 2 is 2.08 bits per heavy atom. The molecule has 0 saturated heterocycles. The van der Waals surface area contributed by atoms with Crippen molar-refractivity contribution in [2.24, 2.45) is 0 Å². The van der Waals surface area contributed by atoms with Crippen molar-refractivity contribution >= 4 is 11.6 Å². The van der Waals surface area contributed by atoms with E-state index in [0.29, 0.717) is 6.42 Å². The number of aliphatic hydroxyl groups is 1. The van der Waals surface area contributed by atoms with Gasteiger partial charge in [0.2, 0.25) is 5.91 Å². The first kappa shape index (κ1) is 17.6. The molecule has 1 aliphatic heterocycles. The van der Waals surface area contributed by atoms with Crippen LogP contribution in [-0.2, 0) is 17.8 Å². The highest BCUT2D eigenvalue weighted by Crippen LogP contribution is 2.28. The highest BCUT2D eigenvalue weighted by atomic mass is 16.3. The van der Waals surface area contributed by atoms with E-state index in [4.69, 9.17) is 0 Å². The lowest BCUT2D eigenvalue weighted by Crippen LogP contribution is -2.29. The van der Waals surface area contributed by atoms with Crippen LogP contribution in [0.25, 0.3) is 0 Å². The van der Waals surface area contributed by atoms with Crippen LogP contribution >= 0.6 is 0 Å². The van der Waals surface area contributed by atoms with Gasteiger partial charge in [0, 0.05) is 24.7 Å². The highest BCUT2D eigenvalue weighted by Gasteiger charge is 2.23. The first-order valence-electron chi connectivity index (χ1n) is 9.00. The topological polar surface area (TPSA) is 52.6 Å². The van der Waals surface area contributed by atoms with E-state index in [-0.39, 0.29) is 18.6 Å². The number of carbonyl (C=O) groups is 1. The molecule has 3 rings (SSSR count). The summed E-state index contributed by atoms with van der Waals surface area (Å²) in [5.41, 5.74) is 4.43. The van der Waals surface area contributed by atoms with Gasteiger partial charge >= 0.3 is 0 Å². The molecule has 25 heavy (non-hydrogen) atoms. The van der Waals surface area contributed by atoms with Crippen LogP contribution in [0.2, 0.25) is 0 Å². The molecule has 4 nitrogen and oxygen atoms in total. The summed E-state index contributed by atoms with van der Waals surface area (Å²) in [4.78, 5) is 14.4. The molecular formula is C21H26N2O2. The number of hydrogen-bond donors (Lipinski definition) is 2. The molecule has 0 bridgehead atoms. The summed E-state index contributed by atoms with van der Waals surface area (Å²) in [5.74, 6) is 0.210. The van der Waals surface area contributed by atoms with Crippen LogP contribution in [0.15, 0.2) is 48.5 Å². The van der Waals surface area contributed by atoms with Gasteiger partial charge in [-0.05, 0) is 49.1 Å². The Bertz CT molecular complexity index is 729. The van der Waals surface area contributed by atoms with Crippen molar-refractivity contribution in [3.63, 3.8) is 0 Å². The first-order valence-corrected chi connectivity index (χ1v) is 9.00. The molecule has 1 aliphatic rings. The Hall–Kier alpha value is -2.17. The average Bonchev–Trinajstić information content (AvgIpc) is 3.09. The third-order valence-corrected chi connectivity index (χ3v) is 4.84. The normalized spacial score (nSPS) is 14.4. The fourth-order valence-electron chi connectivity index (χ4n) is 3.37. The molecule has 2 aromatic rings. The summed E-state index contributed by atoms with van der Waals surface area (Å²) in [6.07, 6.45) is 2.34. The second-order valence-electron chi connectivity index (χ2n) is 6.61. The summed E-state index contributed by atoms with van der Waals surface area (Å²) in [5, 5.41) is 12.7. The number of benzene rings is 2. The number of aliphatic hydroxyl groups excluding tert-OH is 1. The van der Waals surface area contributed by atoms with E-state index in [0.717, 1.165) is 42.7 Å². The summed E-state index contributed by atoms with van der Waals surface area (Å²) >= 11 is 0. The number of anilines is 1. The fourth-order valence-corrected chi connectivity index (χ4v) is 3.37. The lowest BCUT2D eigenvalue weighted by molar-refractivity contribution is -0.118. The van der Waals surface area contributed by atoms with E-state index in [2.05, 4.69) is 24.4 Å². The third-order valence-electron chi connectivity index (χ3n) is 4.84. The van der Waals surface area contributed by atoms with Gasteiger partial charge < -0.3 is 15.3 Å². The average molecular weight is 338 g/mol. The van der Waals surface area contributed by atoms with Crippen LogP contribution < -0.4 is 10.2 Å². The van der Waals surface area contributed by atoms with Crippen molar-refractivity contribution in [1.29, 1.82) is 0 Å². The molecule has 0 fully saturated rings. The van der Waals surface area contributed by atoms with E-state index in [1.807, 2.05) is 41.3 Å². The molecule has 0 saturated carbocycles. The van der Waals surface area contributed by atoms with Gasteiger partial charge in [0.1, 0.15) is 0 Å². The maximum absolute atomic E-state index is 12.5. The standard InChI is InChI=1S/C21H26N2O2/c1-16(19-8-4-6-17(14-19)15-24)22-12-5-10-21(25)23-13-11-18-7-2-3-9-20(18)23/h2-4,6-9,14,16,22,24H,5,10-13,15H2,1H3. The predicted molar refractivity (Wildman–Crippen MR) is 101 cm³/mol. The minimum Gasteiger partial charge on any atom is -0.392 e. The summed E-state index contributed by atoms with van der Waals surface area (Å²) in [7, 11) is 0. The van der Waals surface area contributed by atoms with Gasteiger partial charge in [-0.3, -0.25) is 4.79 Å². The van der Waals surface area contributed by atoms with Crippen LogP contribution in [0.1, 0.15) is 42.5 Å². The Balaban J connectivity index is 1.45. The molecule has 1 unspecified atom stereocenters. The number of amides is 1. The van der Waals surface area contributed by atoms with Crippen LogP contribution in [0.5, 0.6) is 0 Å². The third kappa shape index (κ3) is 4.27. The lowest BCUT2D eigenvalue weighted by Gasteiger charge is -2.18. The monoisotopic (exact) mass is 338 g/mol. The van der Waals surface area contributed by atoms with Crippen molar-refractivity contribution in [3.8, 4) is 0 Å².